The number of carbonyl (C=O) groups excluding carboxylic acids is 1. The number of nitrogens with one attached hydrogen (secondary N) is 1. The second-order valence-electron chi connectivity index (χ2n) is 8.21. The molecule has 0 radical (unpaired) electrons. The fourth-order valence-electron chi connectivity index (χ4n) is 3.92. The highest BCUT2D eigenvalue weighted by Crippen LogP contribution is 2.17. The standard InChI is InChI=1S/C28H28N4O4/c1-35-23-13-8-11-21(15-23)16-24(30-18-22-12-6-7-14-29-22)27-25(17-26(33)36-2)31-32(28(27)34)19-20-9-4-3-5-10-20/h3-15,31H,16-19H2,1-2H3. The van der Waals surface area contributed by atoms with Gasteiger partial charge in [-0.2, -0.15) is 0 Å². The number of pyridine rings is 1. The van der Waals surface area contributed by atoms with E-state index in [1.54, 1.807) is 13.3 Å². The maximum absolute atomic E-state index is 13.7. The number of carbonyl (C=O) groups is 1. The van der Waals surface area contributed by atoms with Crippen LogP contribution in [0.25, 0.3) is 0 Å². The highest BCUT2D eigenvalue weighted by molar-refractivity contribution is 6.03. The van der Waals surface area contributed by atoms with Gasteiger partial charge in [0.1, 0.15) is 5.75 Å². The Labute approximate surface area is 209 Å². The Balaban J connectivity index is 1.80. The van der Waals surface area contributed by atoms with Crippen LogP contribution in [0.4, 0.5) is 0 Å². The average Bonchev–Trinajstić information content (AvgIpc) is 3.21. The summed E-state index contributed by atoms with van der Waals surface area (Å²) in [4.78, 5) is 35.1. The van der Waals surface area contributed by atoms with Crippen molar-refractivity contribution in [3.05, 3.63) is 117 Å². The van der Waals surface area contributed by atoms with Crippen molar-refractivity contribution < 1.29 is 14.3 Å². The van der Waals surface area contributed by atoms with Crippen LogP contribution in [0.5, 0.6) is 5.75 Å². The highest BCUT2D eigenvalue weighted by Gasteiger charge is 2.22. The van der Waals surface area contributed by atoms with Gasteiger partial charge in [0.05, 0.1) is 56.4 Å². The minimum absolute atomic E-state index is 0.0798. The topological polar surface area (TPSA) is 98.6 Å². The lowest BCUT2D eigenvalue weighted by Gasteiger charge is -2.09. The highest BCUT2D eigenvalue weighted by atomic mass is 16.5. The zero-order valence-electron chi connectivity index (χ0n) is 20.3. The molecule has 8 nitrogen and oxygen atoms in total. The van der Waals surface area contributed by atoms with Crippen LogP contribution in [0.2, 0.25) is 0 Å². The number of H-pyrrole nitrogens is 1. The molecule has 0 aliphatic heterocycles. The van der Waals surface area contributed by atoms with Gasteiger partial charge in [0, 0.05) is 12.6 Å². The van der Waals surface area contributed by atoms with Gasteiger partial charge in [0.15, 0.2) is 0 Å². The minimum Gasteiger partial charge on any atom is -0.497 e. The summed E-state index contributed by atoms with van der Waals surface area (Å²) >= 11 is 0. The van der Waals surface area contributed by atoms with E-state index in [-0.39, 0.29) is 12.0 Å². The van der Waals surface area contributed by atoms with Crippen molar-refractivity contribution >= 4 is 11.7 Å². The average molecular weight is 485 g/mol. The Morgan fingerprint density at radius 1 is 0.972 bits per heavy atom. The summed E-state index contributed by atoms with van der Waals surface area (Å²) in [5.41, 5.74) is 3.79. The molecule has 0 atom stereocenters. The maximum atomic E-state index is 13.7. The number of nitrogens with zero attached hydrogens (tertiary/aromatic N) is 3. The van der Waals surface area contributed by atoms with E-state index in [0.717, 1.165) is 16.8 Å². The molecular formula is C28H28N4O4. The molecular weight excluding hydrogens is 456 g/mol. The third-order valence-electron chi connectivity index (χ3n) is 5.72. The summed E-state index contributed by atoms with van der Waals surface area (Å²) in [6.07, 6.45) is 2.00. The van der Waals surface area contributed by atoms with Crippen LogP contribution in [-0.4, -0.2) is 40.7 Å². The summed E-state index contributed by atoms with van der Waals surface area (Å²) < 4.78 is 11.8. The molecule has 0 amide bonds. The number of methoxy groups -OCH3 is 2. The van der Waals surface area contributed by atoms with Crippen molar-refractivity contribution in [2.45, 2.75) is 25.9 Å². The molecule has 4 aromatic rings. The molecule has 2 aromatic heterocycles. The third-order valence-corrected chi connectivity index (χ3v) is 5.72. The molecule has 0 aliphatic carbocycles. The van der Waals surface area contributed by atoms with Crippen molar-refractivity contribution in [2.24, 2.45) is 4.99 Å². The third kappa shape index (κ3) is 6.15. The van der Waals surface area contributed by atoms with Gasteiger partial charge in [-0.3, -0.25) is 24.7 Å². The molecule has 2 heterocycles. The van der Waals surface area contributed by atoms with Crippen molar-refractivity contribution in [2.75, 3.05) is 14.2 Å². The SMILES string of the molecule is COC(=O)Cc1[nH]n(Cc2ccccc2)c(=O)c1C(Cc1cccc(OC)c1)=NCc1ccccn1. The monoisotopic (exact) mass is 484 g/mol. The molecule has 8 heteroatoms. The second kappa shape index (κ2) is 11.8. The fraction of sp³-hybridized carbons (Fsp3) is 0.214. The Kier molecular flexibility index (Phi) is 8.08. The molecule has 0 aliphatic rings. The van der Waals surface area contributed by atoms with E-state index in [2.05, 4.69) is 10.1 Å². The molecule has 0 saturated carbocycles. The van der Waals surface area contributed by atoms with Crippen LogP contribution < -0.4 is 10.3 Å². The van der Waals surface area contributed by atoms with Crippen molar-refractivity contribution in [1.82, 2.24) is 14.8 Å². The lowest BCUT2D eigenvalue weighted by atomic mass is 10.0. The Morgan fingerprint density at radius 3 is 2.47 bits per heavy atom. The fourth-order valence-corrected chi connectivity index (χ4v) is 3.92. The number of aromatic amines is 1. The number of benzene rings is 2. The van der Waals surface area contributed by atoms with Gasteiger partial charge in [0.2, 0.25) is 0 Å². The number of aliphatic imine (C=N–C) groups is 1. The molecule has 4 rings (SSSR count). The maximum Gasteiger partial charge on any atom is 0.311 e. The van der Waals surface area contributed by atoms with Gasteiger partial charge in [-0.05, 0) is 35.4 Å². The van der Waals surface area contributed by atoms with Gasteiger partial charge >= 0.3 is 5.97 Å². The molecule has 0 unspecified atom stereocenters. The number of hydrogen-bond donors (Lipinski definition) is 1. The van der Waals surface area contributed by atoms with Crippen molar-refractivity contribution in [3.8, 4) is 5.75 Å². The van der Waals surface area contributed by atoms with Gasteiger partial charge in [-0.1, -0.05) is 48.5 Å². The smallest absolute Gasteiger partial charge is 0.311 e. The predicted molar refractivity (Wildman–Crippen MR) is 137 cm³/mol. The van der Waals surface area contributed by atoms with Crippen molar-refractivity contribution in [1.29, 1.82) is 0 Å². The summed E-state index contributed by atoms with van der Waals surface area (Å²) in [7, 11) is 2.94. The van der Waals surface area contributed by atoms with Gasteiger partial charge in [0.25, 0.3) is 5.56 Å². The number of aromatic nitrogens is 3. The van der Waals surface area contributed by atoms with E-state index >= 15 is 0 Å². The van der Waals surface area contributed by atoms with Gasteiger partial charge in [-0.15, -0.1) is 0 Å². The molecule has 0 bridgehead atoms. The molecule has 36 heavy (non-hydrogen) atoms. The Bertz CT molecular complexity index is 1390. The molecule has 2 aromatic carbocycles. The van der Waals surface area contributed by atoms with E-state index < -0.39 is 5.97 Å². The van der Waals surface area contributed by atoms with Crippen LogP contribution in [0.1, 0.15) is 28.1 Å². The molecule has 0 saturated heterocycles. The molecule has 0 fully saturated rings. The normalized spacial score (nSPS) is 11.3. The number of hydrogen-bond acceptors (Lipinski definition) is 6. The first-order chi connectivity index (χ1) is 17.6. The molecule has 1 N–H and O–H groups in total. The zero-order valence-corrected chi connectivity index (χ0v) is 20.3. The summed E-state index contributed by atoms with van der Waals surface area (Å²) in [6, 6.07) is 22.9. The van der Waals surface area contributed by atoms with Crippen molar-refractivity contribution in [3.63, 3.8) is 0 Å². The first kappa shape index (κ1) is 24.7. The second-order valence-corrected chi connectivity index (χ2v) is 8.21. The van der Waals surface area contributed by atoms with E-state index in [1.165, 1.54) is 11.8 Å². The Morgan fingerprint density at radius 2 is 1.75 bits per heavy atom. The predicted octanol–water partition coefficient (Wildman–Crippen LogP) is 3.58. The molecule has 184 valence electrons. The number of esters is 1. The van der Waals surface area contributed by atoms with E-state index in [1.807, 2.05) is 72.8 Å². The quantitative estimate of drug-likeness (QED) is 0.274. The van der Waals surface area contributed by atoms with Crippen LogP contribution in [0.15, 0.2) is 88.8 Å². The number of rotatable bonds is 10. The van der Waals surface area contributed by atoms with E-state index in [0.29, 0.717) is 42.2 Å². The van der Waals surface area contributed by atoms with Gasteiger partial charge < -0.3 is 9.47 Å². The lowest BCUT2D eigenvalue weighted by Crippen LogP contribution is -2.24. The largest absolute Gasteiger partial charge is 0.497 e. The minimum atomic E-state index is -0.449. The summed E-state index contributed by atoms with van der Waals surface area (Å²) in [6.45, 7) is 0.627. The zero-order chi connectivity index (χ0) is 25.3. The summed E-state index contributed by atoms with van der Waals surface area (Å²) in [5.74, 6) is 0.261. The van der Waals surface area contributed by atoms with Crippen LogP contribution >= 0.6 is 0 Å². The first-order valence-corrected chi connectivity index (χ1v) is 11.6. The molecule has 0 spiro atoms. The van der Waals surface area contributed by atoms with Crippen LogP contribution in [0, 0.1) is 0 Å². The van der Waals surface area contributed by atoms with Crippen LogP contribution in [-0.2, 0) is 35.5 Å². The lowest BCUT2D eigenvalue weighted by molar-refractivity contribution is -0.139. The van der Waals surface area contributed by atoms with E-state index in [9.17, 15) is 9.59 Å². The first-order valence-electron chi connectivity index (χ1n) is 11.6. The van der Waals surface area contributed by atoms with Gasteiger partial charge in [-0.25, -0.2) is 4.68 Å². The Hall–Kier alpha value is -4.46. The van der Waals surface area contributed by atoms with E-state index in [4.69, 9.17) is 14.5 Å². The van der Waals surface area contributed by atoms with Crippen LogP contribution in [0.3, 0.4) is 0 Å². The summed E-state index contributed by atoms with van der Waals surface area (Å²) in [5, 5.41) is 3.13. The number of ether oxygens (including phenoxy) is 2.